The molecule has 2 aromatic carbocycles. The summed E-state index contributed by atoms with van der Waals surface area (Å²) in [6.07, 6.45) is 1.63. The number of aryl methyl sites for hydroxylation is 1. The molecule has 0 amide bonds. The molecule has 0 aliphatic carbocycles. The smallest absolute Gasteiger partial charge is 0.191 e. The lowest BCUT2D eigenvalue weighted by Crippen LogP contribution is -2.38. The fourth-order valence-electron chi connectivity index (χ4n) is 3.23. The van der Waals surface area contributed by atoms with Crippen molar-refractivity contribution >= 4 is 29.9 Å². The van der Waals surface area contributed by atoms with Gasteiger partial charge in [0, 0.05) is 25.7 Å². The first-order valence-electron chi connectivity index (χ1n) is 9.24. The van der Waals surface area contributed by atoms with E-state index in [1.807, 2.05) is 6.07 Å². The van der Waals surface area contributed by atoms with Crippen molar-refractivity contribution in [3.63, 3.8) is 0 Å². The topological polar surface area (TPSA) is 54.9 Å². The first kappa shape index (κ1) is 22.4. The highest BCUT2D eigenvalue weighted by Gasteiger charge is 2.16. The quantitative estimate of drug-likeness (QED) is 0.361. The minimum Gasteiger partial charge on any atom is -0.467 e. The third kappa shape index (κ3) is 5.81. The first-order valence-corrected chi connectivity index (χ1v) is 9.24. The van der Waals surface area contributed by atoms with Gasteiger partial charge >= 0.3 is 0 Å². The first-order chi connectivity index (χ1) is 13.2. The Bertz CT molecular complexity index is 814. The zero-order valence-corrected chi connectivity index (χ0v) is 18.6. The molecule has 3 rings (SSSR count). The van der Waals surface area contributed by atoms with Crippen molar-refractivity contribution in [2.45, 2.75) is 32.9 Å². The molecule has 0 spiro atoms. The van der Waals surface area contributed by atoms with Crippen LogP contribution in [0, 0.1) is 5.82 Å². The fourth-order valence-corrected chi connectivity index (χ4v) is 3.23. The van der Waals surface area contributed by atoms with Gasteiger partial charge in [0.1, 0.15) is 11.6 Å². The maximum atomic E-state index is 13.8. The predicted molar refractivity (Wildman–Crippen MR) is 120 cm³/mol. The summed E-state index contributed by atoms with van der Waals surface area (Å²) in [7, 11) is 1.74. The van der Waals surface area contributed by atoms with Crippen LogP contribution >= 0.6 is 24.0 Å². The number of rotatable bonds is 6. The monoisotopic (exact) mass is 499 g/mol. The summed E-state index contributed by atoms with van der Waals surface area (Å²) < 4.78 is 24.6. The van der Waals surface area contributed by atoms with E-state index in [1.54, 1.807) is 7.05 Å². The number of fused-ring (bicyclic) bond motifs is 1. The van der Waals surface area contributed by atoms with Gasteiger partial charge in [-0.15, -0.1) is 24.0 Å². The van der Waals surface area contributed by atoms with Crippen molar-refractivity contribution in [3.8, 4) is 5.75 Å². The second-order valence-corrected chi connectivity index (χ2v) is 6.39. The summed E-state index contributed by atoms with van der Waals surface area (Å²) >= 11 is 0. The van der Waals surface area contributed by atoms with Gasteiger partial charge in [0.05, 0.1) is 6.61 Å². The van der Waals surface area contributed by atoms with E-state index < -0.39 is 0 Å². The number of hydrogen-bond acceptors (Lipinski definition) is 3. The minimum atomic E-state index is -0.267. The van der Waals surface area contributed by atoms with Gasteiger partial charge in [-0.25, -0.2) is 4.39 Å². The van der Waals surface area contributed by atoms with Crippen LogP contribution in [0.15, 0.2) is 41.4 Å². The molecule has 1 aliphatic rings. The number of benzene rings is 2. The molecule has 0 fully saturated rings. The highest BCUT2D eigenvalue weighted by atomic mass is 127. The van der Waals surface area contributed by atoms with Crippen LogP contribution in [-0.4, -0.2) is 26.3 Å². The molecular formula is C21H27FIN3O2. The molecule has 0 atom stereocenters. The normalized spacial score (nSPS) is 13.2. The molecular weight excluding hydrogens is 472 g/mol. The largest absolute Gasteiger partial charge is 0.467 e. The van der Waals surface area contributed by atoms with Crippen LogP contribution in [0.2, 0.25) is 0 Å². The lowest BCUT2D eigenvalue weighted by Gasteiger charge is -2.21. The highest BCUT2D eigenvalue weighted by Crippen LogP contribution is 2.29. The molecule has 152 valence electrons. The van der Waals surface area contributed by atoms with Crippen LogP contribution in [0.1, 0.15) is 29.2 Å². The molecule has 7 heteroatoms. The fraction of sp³-hybridized carbons (Fsp3) is 0.381. The van der Waals surface area contributed by atoms with Gasteiger partial charge in [-0.2, -0.15) is 0 Å². The van der Waals surface area contributed by atoms with Gasteiger partial charge in [0.25, 0.3) is 0 Å². The van der Waals surface area contributed by atoms with Crippen molar-refractivity contribution in [1.82, 2.24) is 10.6 Å². The number of hydrogen-bond donors (Lipinski definition) is 2. The molecule has 0 bridgehead atoms. The van der Waals surface area contributed by atoms with Gasteiger partial charge in [0.15, 0.2) is 12.8 Å². The second kappa shape index (κ2) is 11.2. The van der Waals surface area contributed by atoms with Crippen LogP contribution in [0.3, 0.4) is 0 Å². The minimum absolute atomic E-state index is 0. The predicted octanol–water partition coefficient (Wildman–Crippen LogP) is 3.78. The zero-order chi connectivity index (χ0) is 19.1. The molecule has 0 aromatic heterocycles. The van der Waals surface area contributed by atoms with Crippen LogP contribution in [0.25, 0.3) is 0 Å². The average molecular weight is 499 g/mol. The summed E-state index contributed by atoms with van der Waals surface area (Å²) in [6, 6.07) is 11.4. The number of halogens is 2. The summed E-state index contributed by atoms with van der Waals surface area (Å²) in [4.78, 5) is 4.26. The Morgan fingerprint density at radius 3 is 2.68 bits per heavy atom. The van der Waals surface area contributed by atoms with Gasteiger partial charge in [-0.3, -0.25) is 4.99 Å². The van der Waals surface area contributed by atoms with E-state index in [0.717, 1.165) is 29.3 Å². The molecule has 0 saturated heterocycles. The molecule has 0 unspecified atom stereocenters. The van der Waals surface area contributed by atoms with Crippen molar-refractivity contribution in [1.29, 1.82) is 0 Å². The molecule has 5 nitrogen and oxygen atoms in total. The average Bonchev–Trinajstić information content (AvgIpc) is 2.70. The molecule has 0 saturated carbocycles. The van der Waals surface area contributed by atoms with E-state index in [2.05, 4.69) is 40.7 Å². The SMILES string of the molecule is CCc1ccccc1CNC(=NC)NCCc1cc(F)cc2c1OCOC2.I. The lowest BCUT2D eigenvalue weighted by atomic mass is 10.1. The number of guanidine groups is 1. The van der Waals surface area contributed by atoms with E-state index in [4.69, 9.17) is 9.47 Å². The van der Waals surface area contributed by atoms with Crippen molar-refractivity contribution in [2.24, 2.45) is 4.99 Å². The van der Waals surface area contributed by atoms with Crippen molar-refractivity contribution < 1.29 is 13.9 Å². The third-order valence-electron chi connectivity index (χ3n) is 4.61. The summed E-state index contributed by atoms with van der Waals surface area (Å²) in [6.45, 7) is 4.07. The Morgan fingerprint density at radius 1 is 1.14 bits per heavy atom. The molecule has 2 N–H and O–H groups in total. The van der Waals surface area contributed by atoms with Gasteiger partial charge in [-0.1, -0.05) is 31.2 Å². The Morgan fingerprint density at radius 2 is 1.93 bits per heavy atom. The zero-order valence-electron chi connectivity index (χ0n) is 16.3. The standard InChI is InChI=1S/C21H26FN3O2.HI/c1-3-15-6-4-5-7-17(15)12-25-21(23-2)24-9-8-16-10-19(22)11-18-13-26-14-27-20(16)18;/h4-7,10-11H,3,8-9,12-14H2,1-2H3,(H2,23,24,25);1H. The molecule has 2 aromatic rings. The number of aliphatic imine (C=N–C) groups is 1. The Labute approximate surface area is 182 Å². The van der Waals surface area contributed by atoms with Crippen LogP contribution in [0.5, 0.6) is 5.75 Å². The molecule has 0 radical (unpaired) electrons. The number of nitrogens with one attached hydrogen (secondary N) is 2. The molecule has 28 heavy (non-hydrogen) atoms. The lowest BCUT2D eigenvalue weighted by molar-refractivity contribution is -0.0172. The van der Waals surface area contributed by atoms with Crippen molar-refractivity contribution in [3.05, 3.63) is 64.5 Å². The Hall–Kier alpha value is -1.87. The van der Waals surface area contributed by atoms with E-state index >= 15 is 0 Å². The van der Waals surface area contributed by atoms with E-state index in [9.17, 15) is 4.39 Å². The van der Waals surface area contributed by atoms with Crippen molar-refractivity contribution in [2.75, 3.05) is 20.4 Å². The van der Waals surface area contributed by atoms with Gasteiger partial charge < -0.3 is 20.1 Å². The molecule has 1 heterocycles. The van der Waals surface area contributed by atoms with Crippen LogP contribution < -0.4 is 15.4 Å². The van der Waals surface area contributed by atoms with E-state index in [0.29, 0.717) is 26.1 Å². The van der Waals surface area contributed by atoms with Gasteiger partial charge in [0.2, 0.25) is 0 Å². The second-order valence-electron chi connectivity index (χ2n) is 6.39. The highest BCUT2D eigenvalue weighted by molar-refractivity contribution is 14.0. The Balaban J connectivity index is 0.00000280. The van der Waals surface area contributed by atoms with E-state index in [-0.39, 0.29) is 36.6 Å². The maximum Gasteiger partial charge on any atom is 0.191 e. The Kier molecular flexibility index (Phi) is 8.98. The van der Waals surface area contributed by atoms with Crippen LogP contribution in [-0.2, 0) is 30.7 Å². The summed E-state index contributed by atoms with van der Waals surface area (Å²) in [5, 5.41) is 6.62. The van der Waals surface area contributed by atoms with Gasteiger partial charge in [-0.05, 0) is 41.7 Å². The number of ether oxygens (including phenoxy) is 2. The van der Waals surface area contributed by atoms with E-state index in [1.165, 1.54) is 23.3 Å². The maximum absolute atomic E-state index is 13.8. The number of nitrogens with zero attached hydrogens (tertiary/aromatic N) is 1. The summed E-state index contributed by atoms with van der Waals surface area (Å²) in [5.41, 5.74) is 4.18. The van der Waals surface area contributed by atoms with Crippen LogP contribution in [0.4, 0.5) is 4.39 Å². The third-order valence-corrected chi connectivity index (χ3v) is 4.61. The summed E-state index contributed by atoms with van der Waals surface area (Å²) in [5.74, 6) is 1.19. The molecule has 1 aliphatic heterocycles.